The highest BCUT2D eigenvalue weighted by Gasteiger charge is 2.11. The second-order valence-corrected chi connectivity index (χ2v) is 4.02. The Bertz CT molecular complexity index is 608. The summed E-state index contributed by atoms with van der Waals surface area (Å²) in [6.45, 7) is 1.91. The lowest BCUT2D eigenvalue weighted by molar-refractivity contribution is 0.0962. The minimum Gasteiger partial charge on any atom is -0.348 e. The fraction of sp³-hybridized carbons (Fsp3) is 0.231. The van der Waals surface area contributed by atoms with Gasteiger partial charge in [0.2, 0.25) is 0 Å². The van der Waals surface area contributed by atoms with Gasteiger partial charge in [0.15, 0.2) is 5.78 Å². The third-order valence-electron chi connectivity index (χ3n) is 2.80. The number of carbonyl (C=O) groups excluding carboxylic acids is 1. The van der Waals surface area contributed by atoms with Gasteiger partial charge in [-0.1, -0.05) is 6.07 Å². The van der Waals surface area contributed by atoms with Crippen molar-refractivity contribution < 1.29 is 4.79 Å². The molecule has 0 unspecified atom stereocenters. The van der Waals surface area contributed by atoms with Gasteiger partial charge in [0.1, 0.15) is 0 Å². The topological polar surface area (TPSA) is 44.0 Å². The van der Waals surface area contributed by atoms with E-state index in [0.717, 1.165) is 5.69 Å². The molecule has 2 rings (SSSR count). The van der Waals surface area contributed by atoms with Crippen molar-refractivity contribution in [3.63, 3.8) is 0 Å². The minimum absolute atomic E-state index is 0.0612. The summed E-state index contributed by atoms with van der Waals surface area (Å²) in [5.74, 6) is -0.0612. The molecule has 0 radical (unpaired) electrons. The van der Waals surface area contributed by atoms with Gasteiger partial charge in [0, 0.05) is 25.0 Å². The molecular formula is C13H14N2O2. The number of hydrogen-bond acceptors (Lipinski definition) is 2. The van der Waals surface area contributed by atoms with Crippen molar-refractivity contribution in [1.82, 2.24) is 9.13 Å². The van der Waals surface area contributed by atoms with Gasteiger partial charge in [-0.3, -0.25) is 9.59 Å². The smallest absolute Gasteiger partial charge is 0.251 e. The lowest BCUT2D eigenvalue weighted by atomic mass is 10.2. The lowest BCUT2D eigenvalue weighted by Gasteiger charge is -2.08. The molecule has 0 amide bonds. The number of hydrogen-bond donors (Lipinski definition) is 0. The summed E-state index contributed by atoms with van der Waals surface area (Å²) in [6, 6.07) is 8.55. The third-order valence-corrected chi connectivity index (χ3v) is 2.80. The molecule has 0 saturated heterocycles. The van der Waals surface area contributed by atoms with E-state index in [2.05, 4.69) is 0 Å². The molecule has 0 aliphatic heterocycles. The first-order valence-electron chi connectivity index (χ1n) is 5.40. The molecule has 0 aliphatic carbocycles. The Balaban J connectivity index is 2.31. The molecule has 0 atom stereocenters. The summed E-state index contributed by atoms with van der Waals surface area (Å²) in [7, 11) is 1.81. The van der Waals surface area contributed by atoms with Gasteiger partial charge in [0.05, 0.1) is 12.2 Å². The first kappa shape index (κ1) is 11.4. The van der Waals surface area contributed by atoms with E-state index in [9.17, 15) is 9.59 Å². The van der Waals surface area contributed by atoms with E-state index in [1.54, 1.807) is 16.7 Å². The van der Waals surface area contributed by atoms with Gasteiger partial charge < -0.3 is 9.13 Å². The van der Waals surface area contributed by atoms with E-state index in [-0.39, 0.29) is 17.9 Å². The van der Waals surface area contributed by atoms with E-state index in [1.165, 1.54) is 10.6 Å². The zero-order valence-corrected chi connectivity index (χ0v) is 9.88. The van der Waals surface area contributed by atoms with Crippen LogP contribution in [0.2, 0.25) is 0 Å². The Morgan fingerprint density at radius 1 is 1.24 bits per heavy atom. The lowest BCUT2D eigenvalue weighted by Crippen LogP contribution is -2.25. The zero-order valence-electron chi connectivity index (χ0n) is 9.88. The summed E-state index contributed by atoms with van der Waals surface area (Å²) < 4.78 is 3.24. The van der Waals surface area contributed by atoms with E-state index in [4.69, 9.17) is 0 Å². The maximum absolute atomic E-state index is 12.0. The molecule has 2 heterocycles. The number of aryl methyl sites for hydroxylation is 2. The van der Waals surface area contributed by atoms with E-state index in [1.807, 2.05) is 32.3 Å². The first-order chi connectivity index (χ1) is 8.09. The van der Waals surface area contributed by atoms with Crippen LogP contribution < -0.4 is 5.56 Å². The van der Waals surface area contributed by atoms with Crippen LogP contribution in [0.3, 0.4) is 0 Å². The van der Waals surface area contributed by atoms with Crippen LogP contribution in [0.4, 0.5) is 0 Å². The summed E-state index contributed by atoms with van der Waals surface area (Å²) in [5.41, 5.74) is 1.26. The van der Waals surface area contributed by atoms with E-state index >= 15 is 0 Å². The molecule has 0 bridgehead atoms. The summed E-state index contributed by atoms with van der Waals surface area (Å²) in [6.07, 6.45) is 1.81. The van der Waals surface area contributed by atoms with Crippen molar-refractivity contribution in [1.29, 1.82) is 0 Å². The fourth-order valence-corrected chi connectivity index (χ4v) is 1.80. The molecule has 88 valence electrons. The number of aromatic nitrogens is 2. The van der Waals surface area contributed by atoms with Crippen molar-refractivity contribution in [2.24, 2.45) is 7.05 Å². The Hall–Kier alpha value is -2.10. The Morgan fingerprint density at radius 2 is 2.00 bits per heavy atom. The van der Waals surface area contributed by atoms with Crippen molar-refractivity contribution in [2.45, 2.75) is 13.5 Å². The Labute approximate surface area is 99.1 Å². The predicted octanol–water partition coefficient (Wildman–Crippen LogP) is 1.38. The van der Waals surface area contributed by atoms with Crippen LogP contribution in [-0.2, 0) is 13.6 Å². The molecule has 17 heavy (non-hydrogen) atoms. The number of carbonyl (C=O) groups is 1. The molecule has 0 aromatic carbocycles. The average molecular weight is 230 g/mol. The average Bonchev–Trinajstić information content (AvgIpc) is 2.70. The van der Waals surface area contributed by atoms with Gasteiger partial charge in [-0.25, -0.2) is 0 Å². The Kier molecular flexibility index (Phi) is 2.95. The van der Waals surface area contributed by atoms with Crippen LogP contribution in [-0.4, -0.2) is 14.9 Å². The predicted molar refractivity (Wildman–Crippen MR) is 65.2 cm³/mol. The van der Waals surface area contributed by atoms with Gasteiger partial charge in [0.25, 0.3) is 5.56 Å². The number of pyridine rings is 1. The molecule has 4 nitrogen and oxygen atoms in total. The van der Waals surface area contributed by atoms with Crippen molar-refractivity contribution in [2.75, 3.05) is 0 Å². The molecular weight excluding hydrogens is 216 g/mol. The molecule has 0 fully saturated rings. The maximum atomic E-state index is 12.0. The van der Waals surface area contributed by atoms with Crippen molar-refractivity contribution in [3.8, 4) is 0 Å². The maximum Gasteiger partial charge on any atom is 0.251 e. The Morgan fingerprint density at radius 3 is 2.59 bits per heavy atom. The largest absolute Gasteiger partial charge is 0.348 e. The summed E-state index contributed by atoms with van der Waals surface area (Å²) in [4.78, 5) is 23.7. The van der Waals surface area contributed by atoms with Crippen molar-refractivity contribution in [3.05, 3.63) is 58.3 Å². The normalized spacial score (nSPS) is 10.5. The molecule has 2 aromatic rings. The van der Waals surface area contributed by atoms with Crippen LogP contribution in [0.1, 0.15) is 16.2 Å². The second-order valence-electron chi connectivity index (χ2n) is 4.02. The van der Waals surface area contributed by atoms with Crippen LogP contribution in [0.5, 0.6) is 0 Å². The molecule has 0 aliphatic rings. The standard InChI is InChI=1S/C13H14N2O2/c1-10-5-3-7-13(17)15(10)9-12(16)11-6-4-8-14(11)2/h3-8H,9H2,1-2H3. The number of rotatable bonds is 3. The zero-order chi connectivity index (χ0) is 12.4. The minimum atomic E-state index is -0.146. The molecule has 0 N–H and O–H groups in total. The molecule has 2 aromatic heterocycles. The molecule has 0 saturated carbocycles. The van der Waals surface area contributed by atoms with Crippen LogP contribution >= 0.6 is 0 Å². The van der Waals surface area contributed by atoms with Crippen LogP contribution in [0.15, 0.2) is 41.3 Å². The summed E-state index contributed by atoms with van der Waals surface area (Å²) in [5, 5.41) is 0. The molecule has 4 heteroatoms. The van der Waals surface area contributed by atoms with Crippen molar-refractivity contribution >= 4 is 5.78 Å². The quantitative estimate of drug-likeness (QED) is 0.748. The highest BCUT2D eigenvalue weighted by atomic mass is 16.1. The highest BCUT2D eigenvalue weighted by molar-refractivity contribution is 5.94. The van der Waals surface area contributed by atoms with E-state index < -0.39 is 0 Å². The van der Waals surface area contributed by atoms with Gasteiger partial charge >= 0.3 is 0 Å². The SMILES string of the molecule is Cc1cccc(=O)n1CC(=O)c1cccn1C. The van der Waals surface area contributed by atoms with E-state index in [0.29, 0.717) is 5.69 Å². The number of Topliss-reactive ketones (excluding diaryl/α,β-unsaturated/α-hetero) is 1. The fourth-order valence-electron chi connectivity index (χ4n) is 1.80. The van der Waals surface area contributed by atoms with Gasteiger partial charge in [-0.05, 0) is 25.1 Å². The number of nitrogens with zero attached hydrogens (tertiary/aromatic N) is 2. The van der Waals surface area contributed by atoms with Gasteiger partial charge in [-0.15, -0.1) is 0 Å². The van der Waals surface area contributed by atoms with Crippen LogP contribution in [0.25, 0.3) is 0 Å². The van der Waals surface area contributed by atoms with Crippen LogP contribution in [0, 0.1) is 6.92 Å². The number of ketones is 1. The summed E-state index contributed by atoms with van der Waals surface area (Å²) >= 11 is 0. The first-order valence-corrected chi connectivity index (χ1v) is 5.40. The van der Waals surface area contributed by atoms with Gasteiger partial charge in [-0.2, -0.15) is 0 Å². The third kappa shape index (κ3) is 2.20. The molecule has 0 spiro atoms. The monoisotopic (exact) mass is 230 g/mol. The second kappa shape index (κ2) is 4.41. The highest BCUT2D eigenvalue weighted by Crippen LogP contribution is 2.03.